The molecule has 0 aromatic heterocycles. The first-order valence-corrected chi connectivity index (χ1v) is 9.30. The molecule has 2 heterocycles. The van der Waals surface area contributed by atoms with E-state index in [2.05, 4.69) is 5.10 Å². The van der Waals surface area contributed by atoms with Crippen LogP contribution in [0.5, 0.6) is 5.75 Å². The van der Waals surface area contributed by atoms with Gasteiger partial charge >= 0.3 is 6.03 Å². The second-order valence-electron chi connectivity index (χ2n) is 6.64. The maximum atomic E-state index is 13.8. The number of halogens is 2. The Labute approximate surface area is 162 Å². The molecule has 0 saturated carbocycles. The van der Waals surface area contributed by atoms with Gasteiger partial charge in [-0.05, 0) is 23.8 Å². The van der Waals surface area contributed by atoms with Crippen molar-refractivity contribution in [1.29, 1.82) is 0 Å². The fourth-order valence-corrected chi connectivity index (χ4v) is 3.84. The summed E-state index contributed by atoms with van der Waals surface area (Å²) >= 11 is 5.80. The molecule has 2 atom stereocenters. The van der Waals surface area contributed by atoms with Crippen LogP contribution in [-0.2, 0) is 0 Å². The summed E-state index contributed by atoms with van der Waals surface area (Å²) in [5.74, 6) is 0.390. The maximum absolute atomic E-state index is 13.8. The molecule has 2 amide bonds. The zero-order chi connectivity index (χ0) is 19.0. The number of carbonyl (C=O) groups is 1. The lowest BCUT2D eigenvalue weighted by atomic mass is 9.86. The van der Waals surface area contributed by atoms with E-state index in [4.69, 9.17) is 16.3 Å². The van der Waals surface area contributed by atoms with E-state index in [0.29, 0.717) is 36.1 Å². The second-order valence-corrected chi connectivity index (χ2v) is 7.01. The van der Waals surface area contributed by atoms with Crippen molar-refractivity contribution in [2.45, 2.75) is 6.04 Å². The minimum absolute atomic E-state index is 0.171. The van der Waals surface area contributed by atoms with Crippen LogP contribution in [0, 0.1) is 11.7 Å². The van der Waals surface area contributed by atoms with Crippen LogP contribution < -0.4 is 4.74 Å². The number of urea groups is 1. The predicted octanol–water partition coefficient (Wildman–Crippen LogP) is 3.89. The van der Waals surface area contributed by atoms with Gasteiger partial charge in [-0.15, -0.1) is 11.6 Å². The fraction of sp³-hybridized carbons (Fsp3) is 0.300. The van der Waals surface area contributed by atoms with Gasteiger partial charge in [-0.1, -0.05) is 30.3 Å². The fourth-order valence-electron chi connectivity index (χ4n) is 3.59. The number of amides is 2. The van der Waals surface area contributed by atoms with E-state index >= 15 is 0 Å². The molecule has 27 heavy (non-hydrogen) atoms. The number of alkyl halides is 1. The van der Waals surface area contributed by atoms with Crippen molar-refractivity contribution < 1.29 is 13.9 Å². The highest BCUT2D eigenvalue weighted by molar-refractivity contribution is 6.18. The molecule has 0 spiro atoms. The van der Waals surface area contributed by atoms with Crippen LogP contribution in [0.4, 0.5) is 9.18 Å². The Morgan fingerprint density at radius 3 is 2.85 bits per heavy atom. The van der Waals surface area contributed by atoms with Crippen LogP contribution in [0.1, 0.15) is 17.2 Å². The van der Waals surface area contributed by atoms with Gasteiger partial charge in [-0.2, -0.15) is 5.10 Å². The molecule has 5 nitrogen and oxygen atoms in total. The monoisotopic (exact) mass is 387 g/mol. The van der Waals surface area contributed by atoms with Crippen LogP contribution >= 0.6 is 11.6 Å². The van der Waals surface area contributed by atoms with Crippen molar-refractivity contribution in [3.63, 3.8) is 0 Å². The number of carbonyl (C=O) groups excluding carboxylic acids is 1. The molecule has 0 N–H and O–H groups in total. The average Bonchev–Trinajstić information content (AvgIpc) is 3.08. The topological polar surface area (TPSA) is 45.1 Å². The summed E-state index contributed by atoms with van der Waals surface area (Å²) in [6.07, 6.45) is 0. The quantitative estimate of drug-likeness (QED) is 0.750. The Balaban J connectivity index is 1.78. The normalized spacial score (nSPS) is 20.4. The Morgan fingerprint density at radius 2 is 2.11 bits per heavy atom. The highest BCUT2D eigenvalue weighted by atomic mass is 35.5. The standard InChI is InChI=1S/C20H19ClFN3O2/c1-24(10-9-21)20(26)25-19(13-5-3-2-4-6-13)16-12-27-17-8-7-14(22)11-15(17)18(16)23-25/h2-8,11,16,19H,9-10,12H2,1H3. The van der Waals surface area contributed by atoms with Gasteiger partial charge in [0.15, 0.2) is 0 Å². The molecular weight excluding hydrogens is 369 g/mol. The first kappa shape index (κ1) is 17.8. The average molecular weight is 388 g/mol. The van der Waals surface area contributed by atoms with Crippen molar-refractivity contribution in [1.82, 2.24) is 9.91 Å². The molecule has 2 aliphatic heterocycles. The summed E-state index contributed by atoms with van der Waals surface area (Å²) in [4.78, 5) is 14.6. The van der Waals surface area contributed by atoms with Gasteiger partial charge in [0.2, 0.25) is 0 Å². The smallest absolute Gasteiger partial charge is 0.340 e. The van der Waals surface area contributed by atoms with Gasteiger partial charge in [-0.25, -0.2) is 14.2 Å². The van der Waals surface area contributed by atoms with E-state index in [1.807, 2.05) is 30.3 Å². The van der Waals surface area contributed by atoms with E-state index in [-0.39, 0.29) is 23.8 Å². The molecule has 2 aromatic carbocycles. The number of hydrogen-bond acceptors (Lipinski definition) is 3. The molecule has 0 aliphatic carbocycles. The lowest BCUT2D eigenvalue weighted by Crippen LogP contribution is -2.41. The number of rotatable bonds is 3. The summed E-state index contributed by atoms with van der Waals surface area (Å²) in [6, 6.07) is 13.5. The van der Waals surface area contributed by atoms with Gasteiger partial charge in [0.25, 0.3) is 0 Å². The number of benzene rings is 2. The molecular formula is C20H19ClFN3O2. The first-order chi connectivity index (χ1) is 13.1. The first-order valence-electron chi connectivity index (χ1n) is 8.76. The van der Waals surface area contributed by atoms with Crippen molar-refractivity contribution in [3.05, 3.63) is 65.5 Å². The van der Waals surface area contributed by atoms with Crippen LogP contribution in [0.3, 0.4) is 0 Å². The summed E-state index contributed by atoms with van der Waals surface area (Å²) < 4.78 is 19.7. The SMILES string of the molecule is CN(CCCl)C(=O)N1N=C2c3cc(F)ccc3OCC2C1c1ccccc1. The lowest BCUT2D eigenvalue weighted by molar-refractivity contribution is 0.135. The van der Waals surface area contributed by atoms with E-state index in [1.165, 1.54) is 22.0 Å². The Hall–Kier alpha value is -2.60. The van der Waals surface area contributed by atoms with Gasteiger partial charge < -0.3 is 9.64 Å². The Bertz CT molecular complexity index is 890. The second kappa shape index (κ2) is 7.19. The minimum atomic E-state index is -0.360. The largest absolute Gasteiger partial charge is 0.492 e. The van der Waals surface area contributed by atoms with E-state index < -0.39 is 0 Å². The van der Waals surface area contributed by atoms with Crippen molar-refractivity contribution in [2.24, 2.45) is 11.0 Å². The molecule has 0 bridgehead atoms. The van der Waals surface area contributed by atoms with Gasteiger partial charge in [0, 0.05) is 25.0 Å². The molecule has 0 saturated heterocycles. The van der Waals surface area contributed by atoms with Crippen molar-refractivity contribution in [3.8, 4) is 5.75 Å². The molecule has 2 aromatic rings. The third-order valence-electron chi connectivity index (χ3n) is 4.93. The molecule has 2 unspecified atom stereocenters. The zero-order valence-electron chi connectivity index (χ0n) is 14.8. The highest BCUT2D eigenvalue weighted by Gasteiger charge is 2.45. The summed E-state index contributed by atoms with van der Waals surface area (Å²) in [5.41, 5.74) is 2.23. The van der Waals surface area contributed by atoms with Crippen LogP contribution in [0.2, 0.25) is 0 Å². The number of hydrazone groups is 1. The summed E-state index contributed by atoms with van der Waals surface area (Å²) in [6.45, 7) is 0.787. The maximum Gasteiger partial charge on any atom is 0.340 e. The Kier molecular flexibility index (Phi) is 4.74. The number of ether oxygens (including phenoxy) is 1. The molecule has 140 valence electrons. The van der Waals surface area contributed by atoms with Gasteiger partial charge in [-0.3, -0.25) is 0 Å². The molecule has 7 heteroatoms. The number of nitrogens with zero attached hydrogens (tertiary/aromatic N) is 3. The third-order valence-corrected chi connectivity index (χ3v) is 5.10. The molecule has 0 radical (unpaired) electrons. The van der Waals surface area contributed by atoms with Crippen LogP contribution in [0.15, 0.2) is 53.6 Å². The zero-order valence-corrected chi connectivity index (χ0v) is 15.6. The number of hydrogen-bond donors (Lipinski definition) is 0. The summed E-state index contributed by atoms with van der Waals surface area (Å²) in [5, 5.41) is 6.10. The third kappa shape index (κ3) is 3.14. The summed E-state index contributed by atoms with van der Waals surface area (Å²) in [7, 11) is 1.69. The predicted molar refractivity (Wildman–Crippen MR) is 102 cm³/mol. The van der Waals surface area contributed by atoms with E-state index in [0.717, 1.165) is 5.56 Å². The molecule has 2 aliphatic rings. The minimum Gasteiger partial charge on any atom is -0.492 e. The lowest BCUT2D eigenvalue weighted by Gasteiger charge is -2.31. The van der Waals surface area contributed by atoms with Crippen molar-refractivity contribution in [2.75, 3.05) is 26.1 Å². The molecule has 0 fully saturated rings. The Morgan fingerprint density at radius 1 is 1.33 bits per heavy atom. The number of fused-ring (bicyclic) bond motifs is 3. The highest BCUT2D eigenvalue weighted by Crippen LogP contribution is 2.42. The van der Waals surface area contributed by atoms with E-state index in [1.54, 1.807) is 13.1 Å². The van der Waals surface area contributed by atoms with Gasteiger partial charge in [0.1, 0.15) is 11.6 Å². The van der Waals surface area contributed by atoms with E-state index in [9.17, 15) is 9.18 Å². The van der Waals surface area contributed by atoms with Crippen LogP contribution in [0.25, 0.3) is 0 Å². The van der Waals surface area contributed by atoms with Crippen molar-refractivity contribution >= 4 is 23.3 Å². The molecule has 4 rings (SSSR count). The van der Waals surface area contributed by atoms with Crippen LogP contribution in [-0.4, -0.2) is 47.7 Å². The van der Waals surface area contributed by atoms with Gasteiger partial charge in [0.05, 0.1) is 24.3 Å².